The van der Waals surface area contributed by atoms with E-state index < -0.39 is 5.41 Å². The molecule has 6 nitrogen and oxygen atoms in total. The number of benzene rings is 2. The van der Waals surface area contributed by atoms with Gasteiger partial charge >= 0.3 is 0 Å². The number of nitrogens with one attached hydrogen (secondary N) is 1. The third-order valence-corrected chi connectivity index (χ3v) is 6.54. The summed E-state index contributed by atoms with van der Waals surface area (Å²) in [5, 5.41) is 13.2. The number of rotatable bonds is 1. The van der Waals surface area contributed by atoms with E-state index in [-0.39, 0.29) is 23.1 Å². The van der Waals surface area contributed by atoms with Crippen molar-refractivity contribution in [3.05, 3.63) is 81.8 Å². The van der Waals surface area contributed by atoms with Gasteiger partial charge in [-0.25, -0.2) is 0 Å². The van der Waals surface area contributed by atoms with E-state index in [4.69, 9.17) is 5.73 Å². The molecule has 2 heterocycles. The average molecular weight is 410 g/mol. The van der Waals surface area contributed by atoms with E-state index in [1.165, 1.54) is 0 Å². The van der Waals surface area contributed by atoms with E-state index in [1.54, 1.807) is 0 Å². The fourth-order valence-electron chi connectivity index (χ4n) is 5.19. The van der Waals surface area contributed by atoms with Gasteiger partial charge in [-0.1, -0.05) is 35.9 Å². The van der Waals surface area contributed by atoms with Crippen LogP contribution in [0.25, 0.3) is 0 Å². The summed E-state index contributed by atoms with van der Waals surface area (Å²) in [6.07, 6.45) is 1.62. The quantitative estimate of drug-likeness (QED) is 0.747. The SMILES string of the molecule is Cc1ccc2c(c1)C1(C(=O)N2)C(C#N)=C(N)N(c2ccccc2C)C2=C1C(=O)CCC2. The number of fused-ring (bicyclic) bond motifs is 3. The molecule has 6 heteroatoms. The second kappa shape index (κ2) is 6.58. The maximum absolute atomic E-state index is 13.6. The minimum atomic E-state index is -1.51. The van der Waals surface area contributed by atoms with Crippen molar-refractivity contribution in [1.82, 2.24) is 0 Å². The van der Waals surface area contributed by atoms with Crippen LogP contribution in [0.3, 0.4) is 0 Å². The highest BCUT2D eigenvalue weighted by molar-refractivity contribution is 6.19. The number of carbonyl (C=O) groups is 2. The van der Waals surface area contributed by atoms with Gasteiger partial charge in [0.1, 0.15) is 17.3 Å². The molecule has 1 aliphatic carbocycles. The average Bonchev–Trinajstić information content (AvgIpc) is 3.01. The molecule has 2 aliphatic heterocycles. The van der Waals surface area contributed by atoms with Crippen LogP contribution in [-0.4, -0.2) is 11.7 Å². The third-order valence-electron chi connectivity index (χ3n) is 6.54. The standard InChI is InChI=1S/C25H22N4O2/c1-14-10-11-18-16(12-14)25(24(31)28-18)17(13-26)23(27)29(19-7-4-3-6-15(19)2)20-8-5-9-21(30)22(20)25/h3-4,6-7,10-12H,5,8-9,27H2,1-2H3,(H,28,31). The lowest BCUT2D eigenvalue weighted by Crippen LogP contribution is -2.50. The lowest BCUT2D eigenvalue weighted by molar-refractivity contribution is -0.122. The molecule has 1 amide bonds. The van der Waals surface area contributed by atoms with Crippen LogP contribution in [0.5, 0.6) is 0 Å². The smallest absolute Gasteiger partial charge is 0.245 e. The van der Waals surface area contributed by atoms with Crippen molar-refractivity contribution in [2.24, 2.45) is 5.73 Å². The number of carbonyl (C=O) groups excluding carboxylic acids is 2. The van der Waals surface area contributed by atoms with E-state index in [0.717, 1.165) is 16.8 Å². The number of anilines is 2. The summed E-state index contributed by atoms with van der Waals surface area (Å²) < 4.78 is 0. The van der Waals surface area contributed by atoms with Crippen LogP contribution < -0.4 is 16.0 Å². The molecule has 0 saturated carbocycles. The van der Waals surface area contributed by atoms with E-state index in [1.807, 2.05) is 61.2 Å². The number of para-hydroxylation sites is 1. The lowest BCUT2D eigenvalue weighted by Gasteiger charge is -2.44. The summed E-state index contributed by atoms with van der Waals surface area (Å²) in [5.41, 5.74) is 10.3. The van der Waals surface area contributed by atoms with Crippen LogP contribution in [0.15, 0.2) is 65.1 Å². The van der Waals surface area contributed by atoms with Crippen LogP contribution in [0.4, 0.5) is 11.4 Å². The summed E-state index contributed by atoms with van der Waals surface area (Å²) in [4.78, 5) is 28.8. The fourth-order valence-corrected chi connectivity index (χ4v) is 5.19. The highest BCUT2D eigenvalue weighted by Gasteiger charge is 2.60. The zero-order chi connectivity index (χ0) is 21.9. The topological polar surface area (TPSA) is 99.2 Å². The second-order valence-corrected chi connectivity index (χ2v) is 8.35. The highest BCUT2D eigenvalue weighted by Crippen LogP contribution is 2.55. The number of aryl methyl sites for hydroxylation is 2. The van der Waals surface area contributed by atoms with Gasteiger partial charge in [-0.15, -0.1) is 0 Å². The highest BCUT2D eigenvalue weighted by atomic mass is 16.2. The second-order valence-electron chi connectivity index (χ2n) is 8.35. The Morgan fingerprint density at radius 2 is 1.90 bits per heavy atom. The molecule has 31 heavy (non-hydrogen) atoms. The number of nitriles is 1. The summed E-state index contributed by atoms with van der Waals surface area (Å²) in [6, 6.07) is 15.5. The molecule has 3 N–H and O–H groups in total. The first-order chi connectivity index (χ1) is 14.9. The Morgan fingerprint density at radius 1 is 1.13 bits per heavy atom. The van der Waals surface area contributed by atoms with Gasteiger partial charge in [-0.2, -0.15) is 5.26 Å². The van der Waals surface area contributed by atoms with Gasteiger partial charge in [0.15, 0.2) is 5.78 Å². The molecule has 0 aromatic heterocycles. The number of hydrogen-bond acceptors (Lipinski definition) is 5. The molecule has 5 rings (SSSR count). The maximum Gasteiger partial charge on any atom is 0.245 e. The third kappa shape index (κ3) is 2.37. The molecule has 154 valence electrons. The number of amides is 1. The minimum absolute atomic E-state index is 0.103. The zero-order valence-electron chi connectivity index (χ0n) is 17.5. The predicted molar refractivity (Wildman–Crippen MR) is 118 cm³/mol. The first-order valence-corrected chi connectivity index (χ1v) is 10.4. The first kappa shape index (κ1) is 19.1. The Hall–Kier alpha value is -3.85. The molecule has 2 aromatic rings. The number of nitrogens with two attached hydrogens (primary N) is 1. The molecule has 0 fully saturated rings. The Bertz CT molecular complexity index is 1280. The van der Waals surface area contributed by atoms with Crippen LogP contribution in [0.2, 0.25) is 0 Å². The summed E-state index contributed by atoms with van der Waals surface area (Å²) in [5.74, 6) is -0.292. The Kier molecular flexibility index (Phi) is 4.06. The number of hydrogen-bond donors (Lipinski definition) is 2. The lowest BCUT2D eigenvalue weighted by atomic mass is 9.63. The van der Waals surface area contributed by atoms with Crippen molar-refractivity contribution < 1.29 is 9.59 Å². The summed E-state index contributed by atoms with van der Waals surface area (Å²) in [7, 11) is 0. The molecule has 3 aliphatic rings. The predicted octanol–water partition coefficient (Wildman–Crippen LogP) is 3.71. The van der Waals surface area contributed by atoms with Crippen molar-refractivity contribution >= 4 is 23.1 Å². The monoisotopic (exact) mass is 410 g/mol. The van der Waals surface area contributed by atoms with E-state index in [9.17, 15) is 14.9 Å². The molecule has 1 unspecified atom stereocenters. The molecular weight excluding hydrogens is 388 g/mol. The maximum atomic E-state index is 13.6. The summed E-state index contributed by atoms with van der Waals surface area (Å²) >= 11 is 0. The Balaban J connectivity index is 1.91. The molecule has 2 aromatic carbocycles. The first-order valence-electron chi connectivity index (χ1n) is 10.4. The van der Waals surface area contributed by atoms with Crippen LogP contribution in [-0.2, 0) is 15.0 Å². The molecule has 0 radical (unpaired) electrons. The number of ketones is 1. The molecule has 0 bridgehead atoms. The normalized spacial score (nSPS) is 22.4. The van der Waals surface area contributed by atoms with Crippen molar-refractivity contribution in [3.8, 4) is 6.07 Å². The van der Waals surface area contributed by atoms with Crippen molar-refractivity contribution in [1.29, 1.82) is 5.26 Å². The van der Waals surface area contributed by atoms with Gasteiger partial charge in [-0.05, 0) is 44.4 Å². The molecule has 0 saturated heterocycles. The Morgan fingerprint density at radius 3 is 2.65 bits per heavy atom. The number of allylic oxidation sites excluding steroid dienone is 1. The number of Topliss-reactive ketones (excluding diaryl/α,β-unsaturated/α-hetero) is 1. The summed E-state index contributed by atoms with van der Waals surface area (Å²) in [6.45, 7) is 3.89. The van der Waals surface area contributed by atoms with Gasteiger partial charge in [0, 0.05) is 28.9 Å². The van der Waals surface area contributed by atoms with Gasteiger partial charge < -0.3 is 11.1 Å². The zero-order valence-corrected chi connectivity index (χ0v) is 17.5. The van der Waals surface area contributed by atoms with E-state index >= 15 is 0 Å². The van der Waals surface area contributed by atoms with Gasteiger partial charge in [0.05, 0.1) is 11.3 Å². The Labute approximate surface area is 180 Å². The van der Waals surface area contributed by atoms with E-state index in [2.05, 4.69) is 11.4 Å². The minimum Gasteiger partial charge on any atom is -0.384 e. The molecule has 1 atom stereocenters. The van der Waals surface area contributed by atoms with E-state index in [0.29, 0.717) is 41.8 Å². The van der Waals surface area contributed by atoms with Gasteiger partial charge in [0.2, 0.25) is 5.91 Å². The van der Waals surface area contributed by atoms with Crippen LogP contribution in [0.1, 0.15) is 36.0 Å². The van der Waals surface area contributed by atoms with Gasteiger partial charge in [-0.3, -0.25) is 14.5 Å². The van der Waals surface area contributed by atoms with Crippen molar-refractivity contribution in [3.63, 3.8) is 0 Å². The van der Waals surface area contributed by atoms with Crippen LogP contribution in [0, 0.1) is 25.2 Å². The van der Waals surface area contributed by atoms with Crippen LogP contribution >= 0.6 is 0 Å². The number of nitrogens with zero attached hydrogens (tertiary/aromatic N) is 2. The fraction of sp³-hybridized carbons (Fsp3) is 0.240. The van der Waals surface area contributed by atoms with Crippen molar-refractivity contribution in [2.45, 2.75) is 38.5 Å². The molecular formula is C25H22N4O2. The van der Waals surface area contributed by atoms with Crippen molar-refractivity contribution in [2.75, 3.05) is 10.2 Å². The molecule has 1 spiro atoms. The largest absolute Gasteiger partial charge is 0.384 e. The van der Waals surface area contributed by atoms with Gasteiger partial charge in [0.25, 0.3) is 0 Å².